The Kier molecular flexibility index (Phi) is 5.53. The van der Waals surface area contributed by atoms with Gasteiger partial charge in [-0.05, 0) is 69.9 Å². The fourth-order valence-electron chi connectivity index (χ4n) is 6.39. The molecule has 0 N–H and O–H groups in total. The lowest BCUT2D eigenvalue weighted by Gasteiger charge is -2.60. The molecular weight excluding hydrogens is 392 g/mol. The smallest absolute Gasteiger partial charge is 0.331 e. The summed E-state index contributed by atoms with van der Waals surface area (Å²) in [5.74, 6) is -0.0987. The molecule has 0 unspecified atom stereocenters. The number of rotatable bonds is 4. The molecule has 1 spiro atoms. The third-order valence-corrected chi connectivity index (χ3v) is 8.16. The van der Waals surface area contributed by atoms with E-state index in [0.717, 1.165) is 24.8 Å². The van der Waals surface area contributed by atoms with Gasteiger partial charge < -0.3 is 14.2 Å². The summed E-state index contributed by atoms with van der Waals surface area (Å²) in [6.45, 7) is 10.0. The van der Waals surface area contributed by atoms with Gasteiger partial charge in [0.2, 0.25) is 0 Å². The van der Waals surface area contributed by atoms with E-state index in [1.54, 1.807) is 6.08 Å². The van der Waals surface area contributed by atoms with E-state index in [-0.39, 0.29) is 41.6 Å². The third kappa shape index (κ3) is 3.61. The molecule has 3 aliphatic rings. The predicted octanol–water partition coefficient (Wildman–Crippen LogP) is 4.94. The van der Waals surface area contributed by atoms with E-state index in [1.807, 2.05) is 30.3 Å². The van der Waals surface area contributed by atoms with Crippen molar-refractivity contribution in [2.24, 2.45) is 17.3 Å². The molecule has 3 fully saturated rings. The summed E-state index contributed by atoms with van der Waals surface area (Å²) in [7, 11) is 0. The average Bonchev–Trinajstić information content (AvgIpc) is 2.95. The van der Waals surface area contributed by atoms with Gasteiger partial charge in [-0.1, -0.05) is 37.3 Å². The van der Waals surface area contributed by atoms with Gasteiger partial charge in [0.15, 0.2) is 0 Å². The SMILES string of the molecule is CC(=O)O[C@H]1CC[C@@H](C)[C@@]23C[C@@H](C[C@H](OC(=O)/C=C\c4ccccc4)[C@]12C)C(C)(C)O3. The maximum atomic E-state index is 12.8. The quantitative estimate of drug-likeness (QED) is 0.504. The van der Waals surface area contributed by atoms with Crippen molar-refractivity contribution in [3.8, 4) is 0 Å². The highest BCUT2D eigenvalue weighted by molar-refractivity contribution is 5.87. The minimum atomic E-state index is -0.600. The fourth-order valence-corrected chi connectivity index (χ4v) is 6.39. The highest BCUT2D eigenvalue weighted by Crippen LogP contribution is 2.66. The molecule has 31 heavy (non-hydrogen) atoms. The van der Waals surface area contributed by atoms with Crippen LogP contribution in [0.3, 0.4) is 0 Å². The van der Waals surface area contributed by atoms with Crippen LogP contribution in [-0.2, 0) is 23.8 Å². The zero-order valence-corrected chi connectivity index (χ0v) is 19.2. The second-order valence-corrected chi connectivity index (χ2v) is 10.3. The highest BCUT2D eigenvalue weighted by Gasteiger charge is 2.73. The maximum absolute atomic E-state index is 12.8. The number of fused-ring (bicyclic) bond motifs is 1. The number of benzene rings is 1. The molecule has 2 bridgehead atoms. The van der Waals surface area contributed by atoms with Gasteiger partial charge in [0, 0.05) is 13.0 Å². The van der Waals surface area contributed by atoms with Gasteiger partial charge in [-0.15, -0.1) is 0 Å². The lowest BCUT2D eigenvalue weighted by Crippen LogP contribution is -2.67. The number of carbonyl (C=O) groups excluding carboxylic acids is 2. The first-order chi connectivity index (χ1) is 14.6. The van der Waals surface area contributed by atoms with Crippen LogP contribution < -0.4 is 0 Å². The number of hydrogen-bond acceptors (Lipinski definition) is 5. The molecule has 0 amide bonds. The van der Waals surface area contributed by atoms with Gasteiger partial charge in [-0.25, -0.2) is 4.79 Å². The lowest BCUT2D eigenvalue weighted by molar-refractivity contribution is -0.261. The van der Waals surface area contributed by atoms with Crippen molar-refractivity contribution < 1.29 is 23.8 Å². The van der Waals surface area contributed by atoms with Gasteiger partial charge in [0.1, 0.15) is 12.2 Å². The molecule has 1 aromatic carbocycles. The van der Waals surface area contributed by atoms with Gasteiger partial charge >= 0.3 is 11.9 Å². The summed E-state index contributed by atoms with van der Waals surface area (Å²) < 4.78 is 18.8. The number of carbonyl (C=O) groups is 2. The number of ether oxygens (including phenoxy) is 3. The molecule has 168 valence electrons. The molecule has 5 heteroatoms. The summed E-state index contributed by atoms with van der Waals surface area (Å²) in [5, 5.41) is 0. The van der Waals surface area contributed by atoms with E-state index in [4.69, 9.17) is 14.2 Å². The van der Waals surface area contributed by atoms with E-state index in [1.165, 1.54) is 13.0 Å². The second kappa shape index (κ2) is 7.77. The Bertz CT molecular complexity index is 875. The van der Waals surface area contributed by atoms with Gasteiger partial charge in [-0.2, -0.15) is 0 Å². The Balaban J connectivity index is 1.66. The average molecular weight is 427 g/mol. The molecule has 4 rings (SSSR count). The number of hydrogen-bond donors (Lipinski definition) is 0. The molecule has 1 aliphatic heterocycles. The second-order valence-electron chi connectivity index (χ2n) is 10.3. The van der Waals surface area contributed by atoms with Crippen LogP contribution in [0.5, 0.6) is 0 Å². The normalized spacial score (nSPS) is 38.5. The van der Waals surface area contributed by atoms with Crippen LogP contribution in [0.4, 0.5) is 0 Å². The van der Waals surface area contributed by atoms with Gasteiger partial charge in [0.25, 0.3) is 0 Å². The lowest BCUT2D eigenvalue weighted by atomic mass is 9.50. The summed E-state index contributed by atoms with van der Waals surface area (Å²) in [4.78, 5) is 24.8. The molecule has 1 heterocycles. The maximum Gasteiger partial charge on any atom is 0.331 e. The van der Waals surface area contributed by atoms with Crippen LogP contribution in [0.25, 0.3) is 6.08 Å². The van der Waals surface area contributed by atoms with Crippen molar-refractivity contribution in [3.63, 3.8) is 0 Å². The molecule has 0 aromatic heterocycles. The Labute approximate surface area is 185 Å². The Morgan fingerprint density at radius 3 is 2.45 bits per heavy atom. The van der Waals surface area contributed by atoms with Crippen molar-refractivity contribution in [1.29, 1.82) is 0 Å². The van der Waals surface area contributed by atoms with Crippen LogP contribution in [0.1, 0.15) is 65.9 Å². The van der Waals surface area contributed by atoms with Crippen LogP contribution >= 0.6 is 0 Å². The molecule has 1 aromatic rings. The van der Waals surface area contributed by atoms with Gasteiger partial charge in [-0.3, -0.25) is 4.79 Å². The molecule has 2 saturated carbocycles. The van der Waals surface area contributed by atoms with Crippen molar-refractivity contribution >= 4 is 18.0 Å². The molecule has 5 nitrogen and oxygen atoms in total. The predicted molar refractivity (Wildman–Crippen MR) is 118 cm³/mol. The zero-order valence-electron chi connectivity index (χ0n) is 19.2. The minimum Gasteiger partial charge on any atom is -0.462 e. The van der Waals surface area contributed by atoms with Crippen molar-refractivity contribution in [2.45, 2.75) is 83.7 Å². The van der Waals surface area contributed by atoms with Crippen LogP contribution in [-0.4, -0.2) is 35.3 Å². The van der Waals surface area contributed by atoms with Crippen LogP contribution in [0.15, 0.2) is 36.4 Å². The van der Waals surface area contributed by atoms with E-state index in [9.17, 15) is 9.59 Å². The summed E-state index contributed by atoms with van der Waals surface area (Å²) >= 11 is 0. The minimum absolute atomic E-state index is 0.287. The Hall–Kier alpha value is -2.14. The first-order valence-electron chi connectivity index (χ1n) is 11.4. The van der Waals surface area contributed by atoms with E-state index < -0.39 is 11.0 Å². The monoisotopic (exact) mass is 426 g/mol. The molecule has 6 atom stereocenters. The van der Waals surface area contributed by atoms with E-state index in [0.29, 0.717) is 6.42 Å². The summed E-state index contributed by atoms with van der Waals surface area (Å²) in [6.07, 6.45) is 5.82. The summed E-state index contributed by atoms with van der Waals surface area (Å²) in [6, 6.07) is 9.69. The van der Waals surface area contributed by atoms with Crippen molar-refractivity contribution in [1.82, 2.24) is 0 Å². The molecule has 0 radical (unpaired) electrons. The standard InChI is InChI=1S/C26H34O5/c1-17-11-13-21(29-18(2)27)25(5)22(15-20-16-26(17,25)31-24(20,3)4)30-23(28)14-12-19-9-7-6-8-10-19/h6-10,12,14,17,20-22H,11,13,15-16H2,1-5H3/b14-12-/t17-,20-,21+,22+,25+,26+/m1/s1. The Morgan fingerprint density at radius 1 is 1.06 bits per heavy atom. The first kappa shape index (κ1) is 22.1. The van der Waals surface area contributed by atoms with Crippen molar-refractivity contribution in [2.75, 3.05) is 0 Å². The molecular formula is C26H34O5. The number of esters is 2. The van der Waals surface area contributed by atoms with Crippen LogP contribution in [0.2, 0.25) is 0 Å². The third-order valence-electron chi connectivity index (χ3n) is 8.16. The molecule has 1 saturated heterocycles. The summed E-state index contributed by atoms with van der Waals surface area (Å²) in [5.41, 5.74) is -0.448. The van der Waals surface area contributed by atoms with Crippen LogP contribution in [0, 0.1) is 17.3 Å². The van der Waals surface area contributed by atoms with E-state index in [2.05, 4.69) is 27.7 Å². The molecule has 2 aliphatic carbocycles. The van der Waals surface area contributed by atoms with E-state index >= 15 is 0 Å². The topological polar surface area (TPSA) is 61.8 Å². The first-order valence-corrected chi connectivity index (χ1v) is 11.4. The van der Waals surface area contributed by atoms with Crippen molar-refractivity contribution in [3.05, 3.63) is 42.0 Å². The Morgan fingerprint density at radius 2 is 1.77 bits per heavy atom. The fraction of sp³-hybridized carbons (Fsp3) is 0.615. The largest absolute Gasteiger partial charge is 0.462 e. The van der Waals surface area contributed by atoms with Gasteiger partial charge in [0.05, 0.1) is 16.6 Å². The zero-order chi connectivity index (χ0) is 22.4. The highest BCUT2D eigenvalue weighted by atomic mass is 16.6.